The van der Waals surface area contributed by atoms with Gasteiger partial charge in [-0.15, -0.1) is 0 Å². The molecule has 1 aliphatic heterocycles. The van der Waals surface area contributed by atoms with Crippen LogP contribution in [0.5, 0.6) is 5.75 Å². The number of amides is 4. The summed E-state index contributed by atoms with van der Waals surface area (Å²) < 4.78 is 19.1. The fraction of sp³-hybridized carbons (Fsp3) is 0.333. The number of urea groups is 1. The maximum atomic E-state index is 13.8. The lowest BCUT2D eigenvalue weighted by Gasteiger charge is -2.25. The van der Waals surface area contributed by atoms with E-state index in [1.165, 1.54) is 13.2 Å². The van der Waals surface area contributed by atoms with E-state index in [1.54, 1.807) is 25.1 Å². The number of benzene rings is 2. The summed E-state index contributed by atoms with van der Waals surface area (Å²) in [6.07, 6.45) is 0.498. The van der Waals surface area contributed by atoms with Crippen molar-refractivity contribution in [3.63, 3.8) is 0 Å². The first-order valence-electron chi connectivity index (χ1n) is 10.9. The van der Waals surface area contributed by atoms with Gasteiger partial charge in [0.1, 0.15) is 18.1 Å². The van der Waals surface area contributed by atoms with Crippen LogP contribution in [0.3, 0.4) is 0 Å². The van der Waals surface area contributed by atoms with Gasteiger partial charge in [-0.1, -0.05) is 24.6 Å². The van der Waals surface area contributed by atoms with E-state index >= 15 is 0 Å². The molecule has 1 aliphatic rings. The molecular weight excluding hydrogens is 481 g/mol. The van der Waals surface area contributed by atoms with Crippen LogP contribution in [-0.2, 0) is 16.0 Å². The SMILES string of the molecule is CCC(NC(=O)N1CC(=O)NCC(Cc2cc(Cl)ccc2OC)C1=O)c1ccc(F)c(C(=O)O)c1. The number of carboxylic acid groups (broad SMARTS) is 1. The summed E-state index contributed by atoms with van der Waals surface area (Å²) in [5, 5.41) is 14.9. The van der Waals surface area contributed by atoms with Gasteiger partial charge in [-0.25, -0.2) is 14.0 Å². The van der Waals surface area contributed by atoms with Crippen LogP contribution in [-0.4, -0.2) is 54.0 Å². The van der Waals surface area contributed by atoms with Crippen LogP contribution in [0.1, 0.15) is 40.9 Å². The van der Waals surface area contributed by atoms with Crippen molar-refractivity contribution in [1.82, 2.24) is 15.5 Å². The molecule has 3 rings (SSSR count). The summed E-state index contributed by atoms with van der Waals surface area (Å²) in [5.41, 5.74) is 0.469. The highest BCUT2D eigenvalue weighted by Gasteiger charge is 2.35. The van der Waals surface area contributed by atoms with Crippen LogP contribution in [0, 0.1) is 11.7 Å². The fourth-order valence-corrected chi connectivity index (χ4v) is 4.09. The summed E-state index contributed by atoms with van der Waals surface area (Å²) in [5.74, 6) is -3.65. The number of carbonyl (C=O) groups is 4. The Hall–Kier alpha value is -3.66. The molecule has 2 unspecified atom stereocenters. The van der Waals surface area contributed by atoms with Gasteiger partial charge in [0.05, 0.1) is 24.6 Å². The van der Waals surface area contributed by atoms with E-state index in [-0.39, 0.29) is 13.0 Å². The van der Waals surface area contributed by atoms with E-state index in [1.807, 2.05) is 0 Å². The number of rotatable bonds is 7. The summed E-state index contributed by atoms with van der Waals surface area (Å²) in [4.78, 5) is 50.7. The first kappa shape index (κ1) is 26.0. The number of aromatic carboxylic acids is 1. The number of carboxylic acids is 1. The Kier molecular flexibility index (Phi) is 8.29. The lowest BCUT2D eigenvalue weighted by atomic mass is 9.97. The molecule has 11 heteroatoms. The van der Waals surface area contributed by atoms with Crippen molar-refractivity contribution >= 4 is 35.4 Å². The predicted octanol–water partition coefficient (Wildman–Crippen LogP) is 3.16. The molecule has 9 nitrogen and oxygen atoms in total. The van der Waals surface area contributed by atoms with Crippen molar-refractivity contribution in [3.05, 3.63) is 63.9 Å². The van der Waals surface area contributed by atoms with Crippen LogP contribution in [0.4, 0.5) is 9.18 Å². The minimum atomic E-state index is -1.44. The molecule has 186 valence electrons. The molecule has 1 saturated heterocycles. The van der Waals surface area contributed by atoms with Crippen molar-refractivity contribution < 1.29 is 33.4 Å². The van der Waals surface area contributed by atoms with Gasteiger partial charge in [-0.3, -0.25) is 14.5 Å². The zero-order chi connectivity index (χ0) is 25.7. The number of imide groups is 1. The normalized spacial score (nSPS) is 16.8. The van der Waals surface area contributed by atoms with Gasteiger partial charge < -0.3 is 20.5 Å². The Balaban J connectivity index is 1.83. The zero-order valence-electron chi connectivity index (χ0n) is 19.1. The Morgan fingerprint density at radius 3 is 2.69 bits per heavy atom. The summed E-state index contributed by atoms with van der Waals surface area (Å²) in [7, 11) is 1.49. The molecule has 4 amide bonds. The molecule has 0 aliphatic carbocycles. The summed E-state index contributed by atoms with van der Waals surface area (Å²) >= 11 is 6.09. The monoisotopic (exact) mass is 505 g/mol. The Labute approximate surface area is 206 Å². The minimum absolute atomic E-state index is 0.0221. The number of carbonyl (C=O) groups excluding carboxylic acids is 3. The van der Waals surface area contributed by atoms with Crippen LogP contribution < -0.4 is 15.4 Å². The first-order valence-corrected chi connectivity index (χ1v) is 11.3. The third kappa shape index (κ3) is 6.07. The highest BCUT2D eigenvalue weighted by molar-refractivity contribution is 6.30. The van der Waals surface area contributed by atoms with Crippen molar-refractivity contribution in [2.24, 2.45) is 5.92 Å². The maximum absolute atomic E-state index is 13.8. The number of nitrogens with zero attached hydrogens (tertiary/aromatic N) is 1. The molecule has 2 aromatic rings. The number of nitrogens with one attached hydrogen (secondary N) is 2. The molecule has 1 heterocycles. The smallest absolute Gasteiger partial charge is 0.338 e. The quantitative estimate of drug-likeness (QED) is 0.531. The molecule has 0 saturated carbocycles. The average molecular weight is 506 g/mol. The van der Waals surface area contributed by atoms with Gasteiger partial charge in [0.25, 0.3) is 0 Å². The zero-order valence-corrected chi connectivity index (χ0v) is 19.9. The molecule has 0 bridgehead atoms. The molecule has 2 atom stereocenters. The van der Waals surface area contributed by atoms with E-state index in [0.29, 0.717) is 28.3 Å². The molecule has 3 N–H and O–H groups in total. The van der Waals surface area contributed by atoms with E-state index in [9.17, 15) is 28.7 Å². The Morgan fingerprint density at radius 2 is 2.03 bits per heavy atom. The number of methoxy groups -OCH3 is 1. The van der Waals surface area contributed by atoms with Gasteiger partial charge in [0.2, 0.25) is 11.8 Å². The van der Waals surface area contributed by atoms with E-state index in [4.69, 9.17) is 16.3 Å². The van der Waals surface area contributed by atoms with Gasteiger partial charge in [0, 0.05) is 11.6 Å². The second-order valence-corrected chi connectivity index (χ2v) is 8.48. The van der Waals surface area contributed by atoms with E-state index < -0.39 is 53.7 Å². The molecule has 35 heavy (non-hydrogen) atoms. The van der Waals surface area contributed by atoms with Crippen LogP contribution in [0.15, 0.2) is 36.4 Å². The van der Waals surface area contributed by atoms with Crippen molar-refractivity contribution in [3.8, 4) is 5.75 Å². The first-order chi connectivity index (χ1) is 16.6. The van der Waals surface area contributed by atoms with Crippen LogP contribution >= 0.6 is 11.6 Å². The standard InChI is InChI=1S/C24H25ClFN3O6/c1-3-19(13-4-6-18(26)17(10-13)23(32)33)28-24(34)29-12-21(30)27-11-15(22(29)31)8-14-9-16(25)5-7-20(14)35-2/h4-7,9-10,15,19H,3,8,11-12H2,1-2H3,(H,27,30)(H,28,34)(H,32,33). The van der Waals surface area contributed by atoms with Gasteiger partial charge in [-0.2, -0.15) is 0 Å². The van der Waals surface area contributed by atoms with Crippen molar-refractivity contribution in [1.29, 1.82) is 0 Å². The maximum Gasteiger partial charge on any atom is 0.338 e. The van der Waals surface area contributed by atoms with Crippen molar-refractivity contribution in [2.45, 2.75) is 25.8 Å². The highest BCUT2D eigenvalue weighted by Crippen LogP contribution is 2.27. The van der Waals surface area contributed by atoms with Gasteiger partial charge >= 0.3 is 12.0 Å². The van der Waals surface area contributed by atoms with Crippen molar-refractivity contribution in [2.75, 3.05) is 20.2 Å². The van der Waals surface area contributed by atoms with Gasteiger partial charge in [-0.05, 0) is 54.3 Å². The lowest BCUT2D eigenvalue weighted by molar-refractivity contribution is -0.133. The number of hydrogen-bond acceptors (Lipinski definition) is 5. The lowest BCUT2D eigenvalue weighted by Crippen LogP contribution is -2.48. The molecule has 2 aromatic carbocycles. The van der Waals surface area contributed by atoms with Crippen LogP contribution in [0.2, 0.25) is 5.02 Å². The summed E-state index contributed by atoms with van der Waals surface area (Å²) in [6.45, 7) is 1.28. The Bertz CT molecular complexity index is 1160. The molecule has 0 aromatic heterocycles. The third-order valence-corrected chi connectivity index (χ3v) is 5.98. The van der Waals surface area contributed by atoms with Crippen LogP contribution in [0.25, 0.3) is 0 Å². The van der Waals surface area contributed by atoms with Gasteiger partial charge in [0.15, 0.2) is 0 Å². The Morgan fingerprint density at radius 1 is 1.29 bits per heavy atom. The fourth-order valence-electron chi connectivity index (χ4n) is 3.90. The molecule has 0 spiro atoms. The minimum Gasteiger partial charge on any atom is -0.496 e. The highest BCUT2D eigenvalue weighted by atomic mass is 35.5. The topological polar surface area (TPSA) is 125 Å². The second-order valence-electron chi connectivity index (χ2n) is 8.04. The largest absolute Gasteiger partial charge is 0.496 e. The molecular formula is C24H25ClFN3O6. The molecule has 1 fully saturated rings. The number of ether oxygens (including phenoxy) is 1. The number of hydrogen-bond donors (Lipinski definition) is 3. The van der Waals surface area contributed by atoms with E-state index in [0.717, 1.165) is 17.0 Å². The predicted molar refractivity (Wildman–Crippen MR) is 125 cm³/mol. The molecule has 0 radical (unpaired) electrons. The number of halogens is 2. The average Bonchev–Trinajstić information content (AvgIpc) is 2.96. The summed E-state index contributed by atoms with van der Waals surface area (Å²) in [6, 6.07) is 6.95. The second kappa shape index (κ2) is 11.2. The third-order valence-electron chi connectivity index (χ3n) is 5.75. The van der Waals surface area contributed by atoms with E-state index in [2.05, 4.69) is 10.6 Å².